The highest BCUT2D eigenvalue weighted by Crippen LogP contribution is 2.19. The van der Waals surface area contributed by atoms with Crippen LogP contribution in [0, 0.1) is 5.82 Å². The zero-order valence-electron chi connectivity index (χ0n) is 15.3. The molecular weight excluding hydrogens is 403 g/mol. The van der Waals surface area contributed by atoms with Crippen molar-refractivity contribution in [1.82, 2.24) is 9.62 Å². The van der Waals surface area contributed by atoms with Gasteiger partial charge in [-0.2, -0.15) is 0 Å². The molecule has 1 saturated heterocycles. The maximum atomic E-state index is 13.0. The monoisotopic (exact) mass is 424 g/mol. The Bertz CT molecular complexity index is 927. The second-order valence-electron chi connectivity index (χ2n) is 6.82. The van der Waals surface area contributed by atoms with Crippen molar-refractivity contribution in [3.05, 3.63) is 64.9 Å². The van der Waals surface area contributed by atoms with Gasteiger partial charge in [0.05, 0.1) is 4.90 Å². The van der Waals surface area contributed by atoms with Crippen LogP contribution in [-0.4, -0.2) is 38.4 Å². The minimum absolute atomic E-state index is 0.0344. The van der Waals surface area contributed by atoms with E-state index < -0.39 is 15.8 Å². The number of benzene rings is 2. The quantitative estimate of drug-likeness (QED) is 0.773. The predicted molar refractivity (Wildman–Crippen MR) is 106 cm³/mol. The van der Waals surface area contributed by atoms with Crippen molar-refractivity contribution in [3.8, 4) is 0 Å². The van der Waals surface area contributed by atoms with Crippen molar-refractivity contribution in [2.45, 2.75) is 36.6 Å². The summed E-state index contributed by atoms with van der Waals surface area (Å²) in [4.78, 5) is 14.2. The number of halogens is 2. The zero-order chi connectivity index (χ0) is 20.1. The summed E-state index contributed by atoms with van der Waals surface area (Å²) in [5.41, 5.74) is 0.944. The van der Waals surface area contributed by atoms with Gasteiger partial charge in [0.1, 0.15) is 5.82 Å². The van der Waals surface area contributed by atoms with Gasteiger partial charge in [-0.25, -0.2) is 17.5 Å². The van der Waals surface area contributed by atoms with Gasteiger partial charge in [0, 0.05) is 30.6 Å². The first-order valence-corrected chi connectivity index (χ1v) is 11.0. The molecule has 1 N–H and O–H groups in total. The summed E-state index contributed by atoms with van der Waals surface area (Å²) < 4.78 is 40.4. The van der Waals surface area contributed by atoms with Crippen molar-refractivity contribution in [3.63, 3.8) is 0 Å². The lowest BCUT2D eigenvalue weighted by Gasteiger charge is -2.32. The van der Waals surface area contributed by atoms with E-state index >= 15 is 0 Å². The molecule has 0 bridgehead atoms. The van der Waals surface area contributed by atoms with E-state index in [9.17, 15) is 17.6 Å². The number of rotatable bonds is 6. The Labute approximate surface area is 169 Å². The third-order valence-electron chi connectivity index (χ3n) is 4.86. The Morgan fingerprint density at radius 1 is 1.11 bits per heavy atom. The molecule has 8 heteroatoms. The Hall–Kier alpha value is -1.96. The van der Waals surface area contributed by atoms with E-state index in [4.69, 9.17) is 11.6 Å². The van der Waals surface area contributed by atoms with Crippen LogP contribution < -0.4 is 4.72 Å². The molecule has 0 atom stereocenters. The smallest absolute Gasteiger partial charge is 0.240 e. The van der Waals surface area contributed by atoms with Gasteiger partial charge in [0.25, 0.3) is 0 Å². The third kappa shape index (κ3) is 5.31. The van der Waals surface area contributed by atoms with Crippen molar-refractivity contribution in [2.75, 3.05) is 13.1 Å². The second kappa shape index (κ2) is 9.03. The molecule has 0 saturated carbocycles. The summed E-state index contributed by atoms with van der Waals surface area (Å²) in [6.07, 6.45) is 2.03. The van der Waals surface area contributed by atoms with E-state index in [1.165, 1.54) is 12.1 Å². The van der Waals surface area contributed by atoms with Crippen LogP contribution in [-0.2, 0) is 21.2 Å². The fourth-order valence-corrected chi connectivity index (χ4v) is 4.78. The highest BCUT2D eigenvalue weighted by molar-refractivity contribution is 7.89. The minimum atomic E-state index is -3.70. The van der Waals surface area contributed by atoms with E-state index in [0.29, 0.717) is 43.8 Å². The Morgan fingerprint density at radius 2 is 1.75 bits per heavy atom. The zero-order valence-corrected chi connectivity index (χ0v) is 16.8. The second-order valence-corrected chi connectivity index (χ2v) is 8.94. The number of aryl methyl sites for hydroxylation is 1. The van der Waals surface area contributed by atoms with E-state index in [0.717, 1.165) is 17.7 Å². The summed E-state index contributed by atoms with van der Waals surface area (Å²) in [5, 5.41) is 0.657. The van der Waals surface area contributed by atoms with E-state index in [-0.39, 0.29) is 16.8 Å². The highest BCUT2D eigenvalue weighted by Gasteiger charge is 2.26. The van der Waals surface area contributed by atoms with Crippen LogP contribution in [0.1, 0.15) is 24.8 Å². The first-order valence-electron chi connectivity index (χ1n) is 9.14. The lowest BCUT2D eigenvalue weighted by molar-refractivity contribution is -0.132. The van der Waals surface area contributed by atoms with Gasteiger partial charge in [-0.3, -0.25) is 4.79 Å². The minimum Gasteiger partial charge on any atom is -0.343 e. The molecule has 0 spiro atoms. The van der Waals surface area contributed by atoms with Crippen LogP contribution in [0.3, 0.4) is 0 Å². The molecule has 2 aromatic rings. The topological polar surface area (TPSA) is 66.5 Å². The van der Waals surface area contributed by atoms with Crippen molar-refractivity contribution < 1.29 is 17.6 Å². The molecule has 1 amide bonds. The summed E-state index contributed by atoms with van der Waals surface area (Å²) in [7, 11) is -3.70. The molecule has 1 aliphatic rings. The Kier molecular flexibility index (Phi) is 6.69. The number of hydrogen-bond acceptors (Lipinski definition) is 3. The van der Waals surface area contributed by atoms with E-state index in [1.807, 2.05) is 18.2 Å². The number of likely N-dealkylation sites (tertiary alicyclic amines) is 1. The van der Waals surface area contributed by atoms with Gasteiger partial charge in [-0.1, -0.05) is 29.8 Å². The molecule has 1 aliphatic heterocycles. The van der Waals surface area contributed by atoms with Gasteiger partial charge in [-0.15, -0.1) is 0 Å². The normalized spacial score (nSPS) is 15.6. The molecule has 1 fully saturated rings. The molecule has 2 aromatic carbocycles. The third-order valence-corrected chi connectivity index (χ3v) is 6.76. The highest BCUT2D eigenvalue weighted by atomic mass is 35.5. The van der Waals surface area contributed by atoms with Crippen LogP contribution in [0.2, 0.25) is 5.02 Å². The first-order chi connectivity index (χ1) is 13.3. The van der Waals surface area contributed by atoms with Gasteiger partial charge in [0.2, 0.25) is 15.9 Å². The molecule has 0 radical (unpaired) electrons. The molecule has 28 heavy (non-hydrogen) atoms. The summed E-state index contributed by atoms with van der Waals surface area (Å²) >= 11 is 6.12. The van der Waals surface area contributed by atoms with Crippen LogP contribution in [0.15, 0.2) is 53.4 Å². The Balaban J connectivity index is 1.49. The lowest BCUT2D eigenvalue weighted by Crippen LogP contribution is -2.46. The van der Waals surface area contributed by atoms with Crippen molar-refractivity contribution in [1.29, 1.82) is 0 Å². The average molecular weight is 425 g/mol. The van der Waals surface area contributed by atoms with Crippen LogP contribution in [0.25, 0.3) is 0 Å². The number of carbonyl (C=O) groups excluding carboxylic acids is 1. The molecule has 1 heterocycles. The largest absolute Gasteiger partial charge is 0.343 e. The molecule has 0 unspecified atom stereocenters. The van der Waals surface area contributed by atoms with Crippen LogP contribution in [0.5, 0.6) is 0 Å². The van der Waals surface area contributed by atoms with Crippen molar-refractivity contribution in [2.24, 2.45) is 0 Å². The maximum Gasteiger partial charge on any atom is 0.240 e. The fraction of sp³-hybridized carbons (Fsp3) is 0.350. The number of carbonyl (C=O) groups is 1. The number of piperidine rings is 1. The lowest BCUT2D eigenvalue weighted by atomic mass is 10.0. The number of nitrogens with one attached hydrogen (secondary N) is 1. The number of nitrogens with zero attached hydrogens (tertiary/aromatic N) is 1. The van der Waals surface area contributed by atoms with Gasteiger partial charge >= 0.3 is 0 Å². The SMILES string of the molecule is O=C(CCc1ccccc1Cl)N1CCC(NS(=O)(=O)c2ccc(F)cc2)CC1. The molecule has 0 aliphatic carbocycles. The number of amides is 1. The molecule has 150 valence electrons. The van der Waals surface area contributed by atoms with E-state index in [2.05, 4.69) is 4.72 Å². The molecular formula is C20H22ClFN2O3S. The predicted octanol–water partition coefficient (Wildman–Crippen LogP) is 3.38. The summed E-state index contributed by atoms with van der Waals surface area (Å²) in [5.74, 6) is -0.442. The average Bonchev–Trinajstić information content (AvgIpc) is 2.68. The number of sulfonamides is 1. The van der Waals surface area contributed by atoms with Gasteiger partial charge in [-0.05, 0) is 55.2 Å². The van der Waals surface area contributed by atoms with Gasteiger partial charge < -0.3 is 4.90 Å². The standard InChI is InChI=1S/C20H22ClFN2O3S/c21-19-4-2-1-3-15(19)5-10-20(25)24-13-11-17(12-14-24)23-28(26,27)18-8-6-16(22)7-9-18/h1-4,6-9,17,23H,5,10-14H2. The number of hydrogen-bond donors (Lipinski definition) is 1. The van der Waals surface area contributed by atoms with Crippen LogP contribution in [0.4, 0.5) is 4.39 Å². The summed E-state index contributed by atoms with van der Waals surface area (Å²) in [6, 6.07) is 11.9. The molecule has 0 aromatic heterocycles. The molecule has 5 nitrogen and oxygen atoms in total. The van der Waals surface area contributed by atoms with Crippen LogP contribution >= 0.6 is 11.6 Å². The van der Waals surface area contributed by atoms with E-state index in [1.54, 1.807) is 11.0 Å². The fourth-order valence-electron chi connectivity index (χ4n) is 3.25. The molecule has 3 rings (SSSR count). The van der Waals surface area contributed by atoms with Crippen molar-refractivity contribution >= 4 is 27.5 Å². The van der Waals surface area contributed by atoms with Gasteiger partial charge in [0.15, 0.2) is 0 Å². The summed E-state index contributed by atoms with van der Waals surface area (Å²) in [6.45, 7) is 0.996. The first kappa shape index (κ1) is 20.8. The Morgan fingerprint density at radius 3 is 2.39 bits per heavy atom. The maximum absolute atomic E-state index is 13.0.